The molecule has 4 heterocycles. The molecule has 5 nitrogen and oxygen atoms in total. The lowest BCUT2D eigenvalue weighted by atomic mass is 9.68. The lowest BCUT2D eigenvalue weighted by Gasteiger charge is -2.54. The van der Waals surface area contributed by atoms with E-state index in [4.69, 9.17) is 4.42 Å². The van der Waals surface area contributed by atoms with Crippen molar-refractivity contribution in [3.63, 3.8) is 0 Å². The highest BCUT2D eigenvalue weighted by Crippen LogP contribution is 2.46. The topological polar surface area (TPSA) is 56.9 Å². The number of fused-ring (bicyclic) bond motifs is 7. The third-order valence-corrected chi connectivity index (χ3v) is 9.20. The second kappa shape index (κ2) is 8.89. The molecule has 7 rings (SSSR count). The number of nitrogens with zero attached hydrogens (tertiary/aromatic N) is 2. The van der Waals surface area contributed by atoms with Gasteiger partial charge in [-0.15, -0.1) is 0 Å². The van der Waals surface area contributed by atoms with Crippen LogP contribution in [0.1, 0.15) is 44.1 Å². The number of aromatic hydroxyl groups is 1. The summed E-state index contributed by atoms with van der Waals surface area (Å²) < 4.78 is 5.80. The first-order valence-corrected chi connectivity index (χ1v) is 13.7. The first kappa shape index (κ1) is 22.3. The van der Waals surface area contributed by atoms with Crippen molar-refractivity contribution in [2.45, 2.75) is 57.2 Å². The summed E-state index contributed by atoms with van der Waals surface area (Å²) in [5, 5.41) is 11.9. The van der Waals surface area contributed by atoms with Gasteiger partial charge in [-0.05, 0) is 80.3 Å². The van der Waals surface area contributed by atoms with Crippen LogP contribution in [0.15, 0.2) is 69.4 Å². The minimum Gasteiger partial charge on any atom is -0.507 e. The Morgan fingerprint density at radius 2 is 1.92 bits per heavy atom. The maximum Gasteiger partial charge on any atom is 0.336 e. The van der Waals surface area contributed by atoms with Gasteiger partial charge in [-0.1, -0.05) is 48.4 Å². The summed E-state index contributed by atoms with van der Waals surface area (Å²) in [6.45, 7) is 4.03. The Balaban J connectivity index is 1.28. The summed E-state index contributed by atoms with van der Waals surface area (Å²) in [7, 11) is 0. The van der Waals surface area contributed by atoms with E-state index in [0.717, 1.165) is 41.1 Å². The number of phenolic OH excluding ortho intramolecular Hbond substituents is 1. The van der Waals surface area contributed by atoms with Gasteiger partial charge >= 0.3 is 5.63 Å². The van der Waals surface area contributed by atoms with Crippen LogP contribution in [0, 0.1) is 11.8 Å². The highest BCUT2D eigenvalue weighted by atomic mass is 16.4. The van der Waals surface area contributed by atoms with Crippen molar-refractivity contribution in [2.75, 3.05) is 19.6 Å². The zero-order chi connectivity index (χ0) is 24.2. The standard InChI is InChI=1S/C31H34N2O3/c34-28-12-11-24-25(20-7-2-1-3-8-20)17-29(35)36-31(24)26(28)19-33-14-6-9-21-15-22-16-23(30(21)33)18-32-13-5-4-10-27(22)32/h1-3,7-8,11-12,15,17,22-23,27,30,34H,4-6,9-10,13-14,16,18-19H2/t22-,23-,27?,30+/m0/s1. The fraction of sp³-hybridized carbons (Fsp3) is 0.452. The van der Waals surface area contributed by atoms with Gasteiger partial charge in [0.2, 0.25) is 0 Å². The minimum absolute atomic E-state index is 0.209. The fourth-order valence-electron chi connectivity index (χ4n) is 7.75. The van der Waals surface area contributed by atoms with Crippen LogP contribution in [0.2, 0.25) is 0 Å². The summed E-state index contributed by atoms with van der Waals surface area (Å²) in [5.74, 6) is 1.54. The third-order valence-electron chi connectivity index (χ3n) is 9.20. The molecule has 4 aliphatic rings. The zero-order valence-corrected chi connectivity index (χ0v) is 20.7. The quantitative estimate of drug-likeness (QED) is 0.391. The van der Waals surface area contributed by atoms with E-state index in [-0.39, 0.29) is 11.4 Å². The minimum atomic E-state index is -0.378. The molecule has 1 N–H and O–H groups in total. The monoisotopic (exact) mass is 482 g/mol. The Hall–Kier alpha value is -2.89. The second-order valence-electron chi connectivity index (χ2n) is 11.3. The molecule has 3 aromatic rings. The van der Waals surface area contributed by atoms with Crippen molar-refractivity contribution in [2.24, 2.45) is 11.8 Å². The molecule has 2 aromatic carbocycles. The number of hydrogen-bond donors (Lipinski definition) is 1. The van der Waals surface area contributed by atoms with Crippen LogP contribution >= 0.6 is 0 Å². The normalized spacial score (nSPS) is 28.4. The summed E-state index contributed by atoms with van der Waals surface area (Å²) >= 11 is 0. The van der Waals surface area contributed by atoms with Crippen LogP contribution in [-0.2, 0) is 6.54 Å². The molecule has 1 aromatic heterocycles. The zero-order valence-electron chi connectivity index (χ0n) is 20.7. The van der Waals surface area contributed by atoms with Gasteiger partial charge in [0.25, 0.3) is 0 Å². The molecule has 1 unspecified atom stereocenters. The Kier molecular flexibility index (Phi) is 5.51. The summed E-state index contributed by atoms with van der Waals surface area (Å²) in [6, 6.07) is 16.3. The van der Waals surface area contributed by atoms with Crippen molar-refractivity contribution in [3.8, 4) is 16.9 Å². The van der Waals surface area contributed by atoms with Crippen LogP contribution in [0.25, 0.3) is 22.1 Å². The molecular formula is C31H34N2O3. The van der Waals surface area contributed by atoms with Crippen molar-refractivity contribution < 1.29 is 9.52 Å². The molecule has 36 heavy (non-hydrogen) atoms. The van der Waals surface area contributed by atoms with Crippen LogP contribution in [0.3, 0.4) is 0 Å². The Morgan fingerprint density at radius 1 is 1.03 bits per heavy atom. The van der Waals surface area contributed by atoms with E-state index < -0.39 is 0 Å². The van der Waals surface area contributed by atoms with Gasteiger partial charge in [0.1, 0.15) is 11.3 Å². The van der Waals surface area contributed by atoms with E-state index in [0.29, 0.717) is 30.0 Å². The molecule has 3 aliphatic heterocycles. The van der Waals surface area contributed by atoms with Crippen molar-refractivity contribution >= 4 is 11.0 Å². The first-order valence-electron chi connectivity index (χ1n) is 13.7. The van der Waals surface area contributed by atoms with Gasteiger partial charge in [0.05, 0.1) is 5.56 Å². The molecule has 0 radical (unpaired) electrons. The maximum absolute atomic E-state index is 12.7. The molecule has 4 atom stereocenters. The molecular weight excluding hydrogens is 448 g/mol. The van der Waals surface area contributed by atoms with Gasteiger partial charge in [0, 0.05) is 36.6 Å². The van der Waals surface area contributed by atoms with E-state index in [2.05, 4.69) is 15.9 Å². The lowest BCUT2D eigenvalue weighted by molar-refractivity contribution is -0.00274. The summed E-state index contributed by atoms with van der Waals surface area (Å²) in [5.41, 5.74) is 4.32. The van der Waals surface area contributed by atoms with Crippen LogP contribution in [0.5, 0.6) is 5.75 Å². The number of hydrogen-bond acceptors (Lipinski definition) is 5. The van der Waals surface area contributed by atoms with Crippen LogP contribution < -0.4 is 5.63 Å². The van der Waals surface area contributed by atoms with Crippen molar-refractivity contribution in [1.82, 2.24) is 9.80 Å². The van der Waals surface area contributed by atoms with Crippen molar-refractivity contribution in [3.05, 3.63) is 76.2 Å². The molecule has 0 saturated carbocycles. The van der Waals surface area contributed by atoms with Crippen LogP contribution in [0.4, 0.5) is 0 Å². The Labute approximate surface area is 212 Å². The van der Waals surface area contributed by atoms with E-state index >= 15 is 0 Å². The maximum atomic E-state index is 12.7. The van der Waals surface area contributed by atoms with Gasteiger partial charge in [-0.2, -0.15) is 0 Å². The van der Waals surface area contributed by atoms with Crippen LogP contribution in [-0.4, -0.2) is 46.6 Å². The Morgan fingerprint density at radius 3 is 2.81 bits per heavy atom. The average Bonchev–Trinajstić information content (AvgIpc) is 2.90. The fourth-order valence-corrected chi connectivity index (χ4v) is 7.75. The number of likely N-dealkylation sites (tertiary alicyclic amines) is 1. The predicted molar refractivity (Wildman–Crippen MR) is 142 cm³/mol. The lowest BCUT2D eigenvalue weighted by Crippen LogP contribution is -2.59. The first-order chi connectivity index (χ1) is 17.7. The number of rotatable bonds is 3. The van der Waals surface area contributed by atoms with E-state index in [1.807, 2.05) is 36.4 Å². The molecule has 3 fully saturated rings. The summed E-state index contributed by atoms with van der Waals surface area (Å²) in [6.07, 6.45) is 10.3. The molecule has 0 spiro atoms. The molecule has 1 aliphatic carbocycles. The largest absolute Gasteiger partial charge is 0.507 e. The molecule has 186 valence electrons. The number of piperidine rings is 3. The Bertz CT molecular complexity index is 1380. The molecule has 0 amide bonds. The third kappa shape index (κ3) is 3.72. The molecule has 5 heteroatoms. The van der Waals surface area contributed by atoms with Gasteiger partial charge < -0.3 is 9.52 Å². The molecule has 3 saturated heterocycles. The van der Waals surface area contributed by atoms with Crippen molar-refractivity contribution in [1.29, 1.82) is 0 Å². The number of benzene rings is 2. The van der Waals surface area contributed by atoms with Gasteiger partial charge in [-0.25, -0.2) is 4.79 Å². The number of phenols is 1. The predicted octanol–water partition coefficient (Wildman–Crippen LogP) is 5.56. The highest BCUT2D eigenvalue weighted by Gasteiger charge is 2.46. The smallest absolute Gasteiger partial charge is 0.336 e. The van der Waals surface area contributed by atoms with E-state index in [1.54, 1.807) is 17.7 Å². The van der Waals surface area contributed by atoms with Gasteiger partial charge in [0.15, 0.2) is 0 Å². The summed E-state index contributed by atoms with van der Waals surface area (Å²) in [4.78, 5) is 18.0. The van der Waals surface area contributed by atoms with E-state index in [1.165, 1.54) is 45.2 Å². The average molecular weight is 483 g/mol. The van der Waals surface area contributed by atoms with Gasteiger partial charge in [-0.3, -0.25) is 9.80 Å². The SMILES string of the molecule is O=c1cc(-c2ccccc2)c2ccc(O)c(CN3CCCC4=C[C@H]5C[C@@H](CN6CCCCC56)[C@@H]43)c2o1. The molecule has 2 bridgehead atoms. The highest BCUT2D eigenvalue weighted by molar-refractivity contribution is 5.95. The van der Waals surface area contributed by atoms with E-state index in [9.17, 15) is 9.90 Å². The second-order valence-corrected chi connectivity index (χ2v) is 11.3.